The fourth-order valence-corrected chi connectivity index (χ4v) is 2.68. The average molecular weight is 327 g/mol. The van der Waals surface area contributed by atoms with Gasteiger partial charge in [-0.3, -0.25) is 4.79 Å². The summed E-state index contributed by atoms with van der Waals surface area (Å²) < 4.78 is 31.4. The molecule has 3 atom stereocenters. The van der Waals surface area contributed by atoms with Crippen LogP contribution in [0, 0.1) is 17.6 Å². The number of carboxylic acids is 1. The van der Waals surface area contributed by atoms with E-state index in [0.29, 0.717) is 19.4 Å². The number of piperidine rings is 1. The fourth-order valence-electron chi connectivity index (χ4n) is 2.68. The molecule has 3 unspecified atom stereocenters. The molecule has 1 fully saturated rings. The van der Waals surface area contributed by atoms with E-state index in [1.54, 1.807) is 0 Å². The van der Waals surface area contributed by atoms with Crippen molar-refractivity contribution >= 4 is 11.9 Å². The van der Waals surface area contributed by atoms with Crippen molar-refractivity contribution in [2.45, 2.75) is 38.8 Å². The van der Waals surface area contributed by atoms with Gasteiger partial charge in [-0.2, -0.15) is 0 Å². The highest BCUT2D eigenvalue weighted by Crippen LogP contribution is 2.24. The van der Waals surface area contributed by atoms with Gasteiger partial charge in [0.1, 0.15) is 11.8 Å². The molecule has 23 heavy (non-hydrogen) atoms. The van der Waals surface area contributed by atoms with Gasteiger partial charge in [0.2, 0.25) is 0 Å². The maximum absolute atomic E-state index is 13.2. The molecule has 0 radical (unpaired) electrons. The number of carbonyl (C=O) groups is 2. The number of carboxylic acid groups (broad SMARTS) is 1. The summed E-state index contributed by atoms with van der Waals surface area (Å²) in [7, 11) is 0. The lowest BCUT2D eigenvalue weighted by molar-refractivity contribution is -0.156. The van der Waals surface area contributed by atoms with E-state index < -0.39 is 35.7 Å². The third-order valence-corrected chi connectivity index (χ3v) is 3.98. The van der Waals surface area contributed by atoms with E-state index in [2.05, 4.69) is 0 Å². The SMILES string of the molecule is CC1CCN(C(=O)C(C)Oc2ccc(F)c(F)c2)C(C(=O)O)C1. The second kappa shape index (κ2) is 6.93. The molecule has 1 aliphatic heterocycles. The molecule has 1 saturated heterocycles. The Bertz CT molecular complexity index is 608. The van der Waals surface area contributed by atoms with Crippen LogP contribution in [-0.4, -0.2) is 40.6 Å². The minimum Gasteiger partial charge on any atom is -0.481 e. The van der Waals surface area contributed by atoms with Crippen molar-refractivity contribution in [3.63, 3.8) is 0 Å². The molecular formula is C16H19F2NO4. The van der Waals surface area contributed by atoms with Gasteiger partial charge in [-0.15, -0.1) is 0 Å². The predicted molar refractivity (Wildman–Crippen MR) is 78.0 cm³/mol. The number of carbonyl (C=O) groups excluding carboxylic acids is 1. The molecule has 1 N–H and O–H groups in total. The highest BCUT2D eigenvalue weighted by atomic mass is 19.2. The first kappa shape index (κ1) is 17.2. The van der Waals surface area contributed by atoms with Crippen LogP contribution < -0.4 is 4.74 Å². The Morgan fingerprint density at radius 1 is 1.35 bits per heavy atom. The molecule has 1 aromatic carbocycles. The van der Waals surface area contributed by atoms with E-state index in [0.717, 1.165) is 12.1 Å². The first-order valence-corrected chi connectivity index (χ1v) is 7.44. The summed E-state index contributed by atoms with van der Waals surface area (Å²) in [5, 5.41) is 9.29. The molecule has 5 nitrogen and oxygen atoms in total. The highest BCUT2D eigenvalue weighted by Gasteiger charge is 2.37. The molecule has 126 valence electrons. The molecule has 1 aliphatic rings. The van der Waals surface area contributed by atoms with E-state index in [-0.39, 0.29) is 11.7 Å². The van der Waals surface area contributed by atoms with Crippen LogP contribution in [0.15, 0.2) is 18.2 Å². The van der Waals surface area contributed by atoms with Gasteiger partial charge in [0.15, 0.2) is 17.7 Å². The smallest absolute Gasteiger partial charge is 0.326 e. The van der Waals surface area contributed by atoms with Gasteiger partial charge < -0.3 is 14.7 Å². The number of benzene rings is 1. The maximum atomic E-state index is 13.2. The normalized spacial score (nSPS) is 22.5. The summed E-state index contributed by atoms with van der Waals surface area (Å²) in [4.78, 5) is 25.1. The number of halogens is 2. The Balaban J connectivity index is 2.08. The summed E-state index contributed by atoms with van der Waals surface area (Å²) in [6, 6.07) is 2.09. The molecular weight excluding hydrogens is 308 g/mol. The van der Waals surface area contributed by atoms with Gasteiger partial charge in [-0.25, -0.2) is 13.6 Å². The molecule has 7 heteroatoms. The first-order chi connectivity index (χ1) is 10.8. The lowest BCUT2D eigenvalue weighted by Gasteiger charge is -2.37. The Morgan fingerprint density at radius 3 is 2.65 bits per heavy atom. The van der Waals surface area contributed by atoms with E-state index in [9.17, 15) is 23.5 Å². The van der Waals surface area contributed by atoms with Crippen molar-refractivity contribution in [3.05, 3.63) is 29.8 Å². The van der Waals surface area contributed by atoms with Gasteiger partial charge in [0.05, 0.1) is 0 Å². The standard InChI is InChI=1S/C16H19F2NO4/c1-9-5-6-19(14(7-9)16(21)22)15(20)10(2)23-11-3-4-12(17)13(18)8-11/h3-4,8-10,14H,5-7H2,1-2H3,(H,21,22). The number of rotatable bonds is 4. The van der Waals surface area contributed by atoms with E-state index in [4.69, 9.17) is 4.74 Å². The average Bonchev–Trinajstić information content (AvgIpc) is 2.50. The Labute approximate surface area is 132 Å². The van der Waals surface area contributed by atoms with Gasteiger partial charge in [-0.1, -0.05) is 6.92 Å². The molecule has 0 bridgehead atoms. The molecule has 1 aromatic rings. The van der Waals surface area contributed by atoms with Gasteiger partial charge >= 0.3 is 5.97 Å². The minimum absolute atomic E-state index is 0.0157. The third kappa shape index (κ3) is 3.97. The summed E-state index contributed by atoms with van der Waals surface area (Å²) in [6.45, 7) is 3.74. The first-order valence-electron chi connectivity index (χ1n) is 7.44. The van der Waals surface area contributed by atoms with Gasteiger partial charge in [0, 0.05) is 12.6 Å². The molecule has 0 aromatic heterocycles. The van der Waals surface area contributed by atoms with Crippen molar-refractivity contribution in [2.75, 3.05) is 6.54 Å². The summed E-state index contributed by atoms with van der Waals surface area (Å²) in [5.41, 5.74) is 0. The van der Waals surface area contributed by atoms with E-state index in [1.165, 1.54) is 17.9 Å². The number of hydrogen-bond donors (Lipinski definition) is 1. The zero-order valence-corrected chi connectivity index (χ0v) is 13.0. The zero-order valence-electron chi connectivity index (χ0n) is 13.0. The Kier molecular flexibility index (Phi) is 5.18. The Morgan fingerprint density at radius 2 is 2.04 bits per heavy atom. The molecule has 0 spiro atoms. The van der Waals surface area contributed by atoms with Crippen molar-refractivity contribution in [2.24, 2.45) is 5.92 Å². The minimum atomic E-state index is -1.07. The number of aliphatic carboxylic acids is 1. The second-order valence-corrected chi connectivity index (χ2v) is 5.85. The molecule has 1 heterocycles. The predicted octanol–water partition coefficient (Wildman–Crippen LogP) is 2.44. The van der Waals surface area contributed by atoms with E-state index >= 15 is 0 Å². The van der Waals surface area contributed by atoms with Crippen molar-refractivity contribution in [3.8, 4) is 5.75 Å². The summed E-state index contributed by atoms with van der Waals surface area (Å²) in [5.74, 6) is -3.37. The second-order valence-electron chi connectivity index (χ2n) is 5.85. The number of hydrogen-bond acceptors (Lipinski definition) is 3. The van der Waals surface area contributed by atoms with Crippen molar-refractivity contribution in [1.82, 2.24) is 4.90 Å². The Hall–Kier alpha value is -2.18. The molecule has 0 aliphatic carbocycles. The van der Waals surface area contributed by atoms with Crippen LogP contribution in [0.2, 0.25) is 0 Å². The number of amides is 1. The number of ether oxygens (including phenoxy) is 1. The molecule has 2 rings (SSSR count). The largest absolute Gasteiger partial charge is 0.481 e. The van der Waals surface area contributed by atoms with Crippen LogP contribution in [0.3, 0.4) is 0 Å². The van der Waals surface area contributed by atoms with Crippen LogP contribution in [0.4, 0.5) is 8.78 Å². The monoisotopic (exact) mass is 327 g/mol. The quantitative estimate of drug-likeness (QED) is 0.922. The number of nitrogens with zero attached hydrogens (tertiary/aromatic N) is 1. The van der Waals surface area contributed by atoms with Crippen LogP contribution >= 0.6 is 0 Å². The van der Waals surface area contributed by atoms with E-state index in [1.807, 2.05) is 6.92 Å². The molecule has 0 saturated carbocycles. The fraction of sp³-hybridized carbons (Fsp3) is 0.500. The maximum Gasteiger partial charge on any atom is 0.326 e. The third-order valence-electron chi connectivity index (χ3n) is 3.98. The summed E-state index contributed by atoms with van der Waals surface area (Å²) in [6.07, 6.45) is 0.113. The van der Waals surface area contributed by atoms with Gasteiger partial charge in [0.25, 0.3) is 5.91 Å². The molecule has 1 amide bonds. The topological polar surface area (TPSA) is 66.8 Å². The zero-order chi connectivity index (χ0) is 17.1. The van der Waals surface area contributed by atoms with Crippen LogP contribution in [0.5, 0.6) is 5.75 Å². The van der Waals surface area contributed by atoms with Crippen molar-refractivity contribution < 1.29 is 28.2 Å². The lowest BCUT2D eigenvalue weighted by atomic mass is 9.92. The summed E-state index contributed by atoms with van der Waals surface area (Å²) >= 11 is 0. The van der Waals surface area contributed by atoms with Crippen molar-refractivity contribution in [1.29, 1.82) is 0 Å². The number of likely N-dealkylation sites (tertiary alicyclic amines) is 1. The van der Waals surface area contributed by atoms with Crippen LogP contribution in [-0.2, 0) is 9.59 Å². The van der Waals surface area contributed by atoms with Crippen LogP contribution in [0.25, 0.3) is 0 Å². The van der Waals surface area contributed by atoms with Gasteiger partial charge in [-0.05, 0) is 37.8 Å². The lowest BCUT2D eigenvalue weighted by Crippen LogP contribution is -2.53. The highest BCUT2D eigenvalue weighted by molar-refractivity contribution is 5.86. The van der Waals surface area contributed by atoms with Crippen LogP contribution in [0.1, 0.15) is 26.7 Å².